The van der Waals surface area contributed by atoms with Gasteiger partial charge in [0.1, 0.15) is 5.75 Å². The van der Waals surface area contributed by atoms with Crippen LogP contribution in [-0.2, 0) is 22.6 Å². The topological polar surface area (TPSA) is 90.9 Å². The van der Waals surface area contributed by atoms with Crippen molar-refractivity contribution in [3.63, 3.8) is 0 Å². The maximum atomic E-state index is 12.5. The molecule has 21 heavy (non-hydrogen) atoms. The molecule has 0 atom stereocenters. The molecule has 3 rings (SSSR count). The third kappa shape index (κ3) is 2.36. The average Bonchev–Trinajstić information content (AvgIpc) is 2.76. The zero-order chi connectivity index (χ0) is 15.0. The van der Waals surface area contributed by atoms with E-state index in [-0.39, 0.29) is 16.5 Å². The number of para-hydroxylation sites is 1. The van der Waals surface area contributed by atoms with Crippen molar-refractivity contribution in [1.82, 2.24) is 14.8 Å². The highest BCUT2D eigenvalue weighted by atomic mass is 32.2. The second kappa shape index (κ2) is 4.85. The number of benzene rings is 1. The Labute approximate surface area is 122 Å². The molecule has 6 nitrogen and oxygen atoms in total. The van der Waals surface area contributed by atoms with Gasteiger partial charge in [-0.25, -0.2) is 13.4 Å². The van der Waals surface area contributed by atoms with Gasteiger partial charge in [0.2, 0.25) is 9.84 Å². The molecule has 0 spiro atoms. The number of aryl methyl sites for hydroxylation is 1. The highest BCUT2D eigenvalue weighted by Gasteiger charge is 2.22. The Morgan fingerprint density at radius 2 is 1.95 bits per heavy atom. The minimum absolute atomic E-state index is 0.0975. The molecule has 0 fully saturated rings. The number of fused-ring (bicyclic) bond motifs is 1. The van der Waals surface area contributed by atoms with E-state index < -0.39 is 9.84 Å². The number of aromatic nitrogens is 3. The van der Waals surface area contributed by atoms with Crippen LogP contribution < -0.4 is 5.73 Å². The van der Waals surface area contributed by atoms with Crippen molar-refractivity contribution in [2.24, 2.45) is 7.05 Å². The van der Waals surface area contributed by atoms with Crippen LogP contribution in [0.25, 0.3) is 10.9 Å². The molecule has 1 aromatic carbocycles. The fraction of sp³-hybridized carbons (Fsp3) is 0.143. The number of rotatable bonds is 3. The largest absolute Gasteiger partial charge is 0.396 e. The molecule has 0 saturated heterocycles. The minimum Gasteiger partial charge on any atom is -0.396 e. The van der Waals surface area contributed by atoms with Crippen molar-refractivity contribution >= 4 is 26.4 Å². The Balaban J connectivity index is 2.08. The number of hydrogen-bond donors (Lipinski definition) is 1. The lowest BCUT2D eigenvalue weighted by Crippen LogP contribution is -2.10. The third-order valence-corrected chi connectivity index (χ3v) is 4.84. The van der Waals surface area contributed by atoms with Crippen molar-refractivity contribution in [2.75, 3.05) is 5.73 Å². The maximum absolute atomic E-state index is 12.5. The minimum atomic E-state index is -3.63. The maximum Gasteiger partial charge on any atom is 0.203 e. The van der Waals surface area contributed by atoms with Gasteiger partial charge in [-0.1, -0.05) is 18.2 Å². The lowest BCUT2D eigenvalue weighted by molar-refractivity contribution is 0.591. The van der Waals surface area contributed by atoms with Crippen molar-refractivity contribution in [1.29, 1.82) is 0 Å². The summed E-state index contributed by atoms with van der Waals surface area (Å²) in [6, 6.07) is 10.6. The molecular weight excluding hydrogens is 288 g/mol. The Kier molecular flexibility index (Phi) is 3.13. The van der Waals surface area contributed by atoms with Gasteiger partial charge in [-0.05, 0) is 18.2 Å². The molecule has 7 heteroatoms. The molecule has 0 unspecified atom stereocenters. The van der Waals surface area contributed by atoms with Gasteiger partial charge >= 0.3 is 0 Å². The summed E-state index contributed by atoms with van der Waals surface area (Å²) in [5, 5.41) is 5.02. The molecule has 0 radical (unpaired) electrons. The first-order valence-corrected chi connectivity index (χ1v) is 7.98. The number of pyridine rings is 1. The van der Waals surface area contributed by atoms with E-state index in [1.54, 1.807) is 17.8 Å². The molecule has 0 aliphatic heterocycles. The zero-order valence-corrected chi connectivity index (χ0v) is 12.2. The van der Waals surface area contributed by atoms with Crippen LogP contribution in [0.4, 0.5) is 5.69 Å². The molecule has 2 heterocycles. The van der Waals surface area contributed by atoms with E-state index in [0.29, 0.717) is 5.69 Å². The SMILES string of the molecule is Cn1nc(CS(=O)(=O)c2ncccc2N)c2ccccc21. The van der Waals surface area contributed by atoms with Crippen LogP contribution in [0.15, 0.2) is 47.6 Å². The lowest BCUT2D eigenvalue weighted by atomic mass is 10.2. The van der Waals surface area contributed by atoms with E-state index in [1.807, 2.05) is 24.3 Å². The first kappa shape index (κ1) is 13.6. The Morgan fingerprint density at radius 1 is 1.19 bits per heavy atom. The number of nitrogens with two attached hydrogens (primary N) is 1. The zero-order valence-electron chi connectivity index (χ0n) is 11.4. The van der Waals surface area contributed by atoms with Gasteiger partial charge in [-0.2, -0.15) is 5.10 Å². The van der Waals surface area contributed by atoms with Gasteiger partial charge in [0, 0.05) is 18.6 Å². The number of sulfone groups is 1. The predicted molar refractivity (Wildman–Crippen MR) is 80.3 cm³/mol. The van der Waals surface area contributed by atoms with Crippen LogP contribution in [0, 0.1) is 0 Å². The summed E-state index contributed by atoms with van der Waals surface area (Å²) in [6.07, 6.45) is 1.42. The van der Waals surface area contributed by atoms with Crippen LogP contribution in [0.5, 0.6) is 0 Å². The molecule has 0 saturated carbocycles. The van der Waals surface area contributed by atoms with E-state index in [1.165, 1.54) is 12.3 Å². The second-order valence-electron chi connectivity index (χ2n) is 4.74. The van der Waals surface area contributed by atoms with Crippen LogP contribution in [0.3, 0.4) is 0 Å². The van der Waals surface area contributed by atoms with Gasteiger partial charge < -0.3 is 5.73 Å². The van der Waals surface area contributed by atoms with Gasteiger partial charge in [0.05, 0.1) is 16.9 Å². The van der Waals surface area contributed by atoms with Gasteiger partial charge in [0.15, 0.2) is 5.03 Å². The summed E-state index contributed by atoms with van der Waals surface area (Å²) in [7, 11) is -1.85. The van der Waals surface area contributed by atoms with E-state index in [9.17, 15) is 8.42 Å². The fourth-order valence-corrected chi connectivity index (χ4v) is 3.67. The third-order valence-electron chi connectivity index (χ3n) is 3.26. The molecule has 108 valence electrons. The standard InChI is InChI=1S/C14H14N4O2S/c1-18-13-7-3-2-5-10(13)12(17-18)9-21(19,20)14-11(15)6-4-8-16-14/h2-8H,9,15H2,1H3. The molecule has 3 aromatic rings. The fourth-order valence-electron chi connectivity index (χ4n) is 2.31. The van der Waals surface area contributed by atoms with Crippen molar-refractivity contribution in [2.45, 2.75) is 10.8 Å². The van der Waals surface area contributed by atoms with E-state index >= 15 is 0 Å². The molecule has 2 aromatic heterocycles. The molecule has 0 aliphatic carbocycles. The molecule has 0 bridgehead atoms. The summed E-state index contributed by atoms with van der Waals surface area (Å²) in [6.45, 7) is 0. The normalized spacial score (nSPS) is 11.9. The summed E-state index contributed by atoms with van der Waals surface area (Å²) in [4.78, 5) is 3.89. The highest BCUT2D eigenvalue weighted by molar-refractivity contribution is 7.90. The molecule has 0 aliphatic rings. The molecule has 2 N–H and O–H groups in total. The number of nitrogens with zero attached hydrogens (tertiary/aromatic N) is 3. The molecular formula is C14H14N4O2S. The average molecular weight is 302 g/mol. The summed E-state index contributed by atoms with van der Waals surface area (Å²) >= 11 is 0. The van der Waals surface area contributed by atoms with E-state index in [2.05, 4.69) is 10.1 Å². The van der Waals surface area contributed by atoms with Gasteiger partial charge in [-0.15, -0.1) is 0 Å². The Morgan fingerprint density at radius 3 is 2.71 bits per heavy atom. The van der Waals surface area contributed by atoms with Crippen LogP contribution in [-0.4, -0.2) is 23.2 Å². The van der Waals surface area contributed by atoms with Crippen LogP contribution >= 0.6 is 0 Å². The number of nitrogen functional groups attached to an aromatic ring is 1. The number of hydrogen-bond acceptors (Lipinski definition) is 5. The van der Waals surface area contributed by atoms with Gasteiger partial charge in [0.25, 0.3) is 0 Å². The van der Waals surface area contributed by atoms with Crippen molar-refractivity contribution < 1.29 is 8.42 Å². The highest BCUT2D eigenvalue weighted by Crippen LogP contribution is 2.24. The van der Waals surface area contributed by atoms with E-state index in [0.717, 1.165) is 10.9 Å². The monoisotopic (exact) mass is 302 g/mol. The first-order valence-electron chi connectivity index (χ1n) is 6.33. The predicted octanol–water partition coefficient (Wildman–Crippen LogP) is 1.52. The first-order chi connectivity index (χ1) is 9.99. The van der Waals surface area contributed by atoms with E-state index in [4.69, 9.17) is 5.73 Å². The van der Waals surface area contributed by atoms with Gasteiger partial charge in [-0.3, -0.25) is 4.68 Å². The summed E-state index contributed by atoms with van der Waals surface area (Å²) in [5.41, 5.74) is 7.25. The number of anilines is 1. The summed E-state index contributed by atoms with van der Waals surface area (Å²) in [5.74, 6) is -0.227. The quantitative estimate of drug-likeness (QED) is 0.792. The Bertz CT molecular complexity index is 916. The summed E-state index contributed by atoms with van der Waals surface area (Å²) < 4.78 is 26.6. The smallest absolute Gasteiger partial charge is 0.203 e. The van der Waals surface area contributed by atoms with Crippen LogP contribution in [0.1, 0.15) is 5.69 Å². The van der Waals surface area contributed by atoms with Crippen molar-refractivity contribution in [3.8, 4) is 0 Å². The lowest BCUT2D eigenvalue weighted by Gasteiger charge is -2.04. The Hall–Kier alpha value is -2.41. The van der Waals surface area contributed by atoms with Crippen molar-refractivity contribution in [3.05, 3.63) is 48.3 Å². The van der Waals surface area contributed by atoms with Crippen LogP contribution in [0.2, 0.25) is 0 Å². The second-order valence-corrected chi connectivity index (χ2v) is 6.65. The molecule has 0 amide bonds.